The van der Waals surface area contributed by atoms with Crippen LogP contribution in [0.5, 0.6) is 0 Å². The predicted molar refractivity (Wildman–Crippen MR) is 75.2 cm³/mol. The van der Waals surface area contributed by atoms with Crippen LogP contribution in [0.4, 0.5) is 0 Å². The summed E-state index contributed by atoms with van der Waals surface area (Å²) in [6.45, 7) is 3.91. The highest BCUT2D eigenvalue weighted by molar-refractivity contribution is 6.06. The van der Waals surface area contributed by atoms with Crippen molar-refractivity contribution < 1.29 is 9.59 Å². The minimum absolute atomic E-state index is 0.00381. The first-order valence-electron chi connectivity index (χ1n) is 7.54. The van der Waals surface area contributed by atoms with Gasteiger partial charge in [-0.05, 0) is 26.9 Å². The fraction of sp³-hybridized carbons (Fsp3) is 0.857. The fourth-order valence-corrected chi connectivity index (χ4v) is 3.13. The van der Waals surface area contributed by atoms with Crippen molar-refractivity contribution in [2.75, 3.05) is 40.3 Å². The maximum absolute atomic E-state index is 12.2. The van der Waals surface area contributed by atoms with Crippen molar-refractivity contribution in [1.82, 2.24) is 20.0 Å². The molecule has 2 unspecified atom stereocenters. The fourth-order valence-electron chi connectivity index (χ4n) is 3.13. The lowest BCUT2D eigenvalue weighted by Crippen LogP contribution is -2.55. The number of nitrogens with zero attached hydrogens (tertiary/aromatic N) is 3. The van der Waals surface area contributed by atoms with Crippen molar-refractivity contribution in [2.24, 2.45) is 0 Å². The van der Waals surface area contributed by atoms with Crippen LogP contribution >= 0.6 is 0 Å². The third-order valence-corrected chi connectivity index (χ3v) is 4.68. The lowest BCUT2D eigenvalue weighted by molar-refractivity contribution is -0.139. The van der Waals surface area contributed by atoms with Crippen molar-refractivity contribution >= 4 is 11.8 Å². The molecule has 6 heteroatoms. The Labute approximate surface area is 120 Å². The first kappa shape index (κ1) is 14.0. The van der Waals surface area contributed by atoms with Gasteiger partial charge in [-0.25, -0.2) is 0 Å². The summed E-state index contributed by atoms with van der Waals surface area (Å²) in [6.07, 6.45) is 2.31. The van der Waals surface area contributed by atoms with Crippen LogP contribution in [-0.2, 0) is 9.59 Å². The van der Waals surface area contributed by atoms with Gasteiger partial charge in [0.15, 0.2) is 0 Å². The first-order chi connectivity index (χ1) is 9.56. The minimum atomic E-state index is -0.302. The van der Waals surface area contributed by atoms with E-state index in [1.165, 1.54) is 4.90 Å². The van der Waals surface area contributed by atoms with Crippen LogP contribution in [0.25, 0.3) is 0 Å². The number of hydrogen-bond acceptors (Lipinski definition) is 5. The molecule has 1 saturated carbocycles. The average molecular weight is 280 g/mol. The van der Waals surface area contributed by atoms with Crippen LogP contribution in [0.3, 0.4) is 0 Å². The van der Waals surface area contributed by atoms with E-state index in [1.807, 2.05) is 0 Å². The van der Waals surface area contributed by atoms with Gasteiger partial charge in [-0.15, -0.1) is 0 Å². The van der Waals surface area contributed by atoms with E-state index in [0.29, 0.717) is 12.5 Å². The highest BCUT2D eigenvalue weighted by Crippen LogP contribution is 2.31. The number of amides is 2. The SMILES string of the molecule is CN1CCN(C)C(CNC2CC(=O)N(C3CC3)C2=O)C1. The van der Waals surface area contributed by atoms with Crippen LogP contribution in [-0.4, -0.2) is 84.9 Å². The third-order valence-electron chi connectivity index (χ3n) is 4.68. The summed E-state index contributed by atoms with van der Waals surface area (Å²) >= 11 is 0. The molecule has 2 saturated heterocycles. The molecule has 20 heavy (non-hydrogen) atoms. The van der Waals surface area contributed by atoms with E-state index >= 15 is 0 Å². The number of nitrogens with one attached hydrogen (secondary N) is 1. The smallest absolute Gasteiger partial charge is 0.247 e. The average Bonchev–Trinajstić information content (AvgIpc) is 3.18. The van der Waals surface area contributed by atoms with Crippen molar-refractivity contribution in [3.8, 4) is 0 Å². The van der Waals surface area contributed by atoms with Gasteiger partial charge in [0.2, 0.25) is 11.8 Å². The van der Waals surface area contributed by atoms with Gasteiger partial charge in [0, 0.05) is 38.3 Å². The molecule has 0 aromatic heterocycles. The molecule has 2 heterocycles. The quantitative estimate of drug-likeness (QED) is 0.677. The number of likely N-dealkylation sites (tertiary alicyclic amines) is 1. The molecule has 0 aromatic carbocycles. The van der Waals surface area contributed by atoms with Gasteiger partial charge in [-0.1, -0.05) is 0 Å². The minimum Gasteiger partial charge on any atom is -0.304 e. The van der Waals surface area contributed by atoms with E-state index in [2.05, 4.69) is 29.2 Å². The normalized spacial score (nSPS) is 33.2. The number of piperazine rings is 1. The number of rotatable bonds is 4. The third kappa shape index (κ3) is 2.73. The second-order valence-corrected chi connectivity index (χ2v) is 6.39. The molecule has 3 rings (SSSR count). The molecule has 3 fully saturated rings. The zero-order valence-corrected chi connectivity index (χ0v) is 12.3. The van der Waals surface area contributed by atoms with Gasteiger partial charge in [0.05, 0.1) is 12.5 Å². The predicted octanol–water partition coefficient (Wildman–Crippen LogP) is -0.888. The highest BCUT2D eigenvalue weighted by Gasteiger charge is 2.46. The molecule has 2 atom stereocenters. The number of imide groups is 1. The van der Waals surface area contributed by atoms with Crippen LogP contribution in [0.1, 0.15) is 19.3 Å². The van der Waals surface area contributed by atoms with E-state index in [1.54, 1.807) is 0 Å². The Kier molecular flexibility index (Phi) is 3.79. The molecule has 0 radical (unpaired) electrons. The van der Waals surface area contributed by atoms with Crippen LogP contribution in [0.15, 0.2) is 0 Å². The largest absolute Gasteiger partial charge is 0.304 e. The molecular formula is C14H24N4O2. The monoisotopic (exact) mass is 280 g/mol. The van der Waals surface area contributed by atoms with E-state index in [-0.39, 0.29) is 23.9 Å². The summed E-state index contributed by atoms with van der Waals surface area (Å²) in [6, 6.07) is 0.306. The van der Waals surface area contributed by atoms with Gasteiger partial charge in [-0.3, -0.25) is 19.4 Å². The maximum atomic E-state index is 12.2. The Balaban J connectivity index is 1.53. The molecule has 0 spiro atoms. The Bertz CT molecular complexity index is 410. The summed E-state index contributed by atoms with van der Waals surface area (Å²) in [5, 5.41) is 3.31. The Hall–Kier alpha value is -0.980. The molecule has 112 valence electrons. The number of carbonyl (C=O) groups excluding carboxylic acids is 2. The molecule has 0 aromatic rings. The number of hydrogen-bond donors (Lipinski definition) is 1. The number of carbonyl (C=O) groups is 2. The van der Waals surface area contributed by atoms with Gasteiger partial charge < -0.3 is 10.2 Å². The summed E-state index contributed by atoms with van der Waals surface area (Å²) in [4.78, 5) is 30.3. The van der Waals surface area contributed by atoms with E-state index in [0.717, 1.165) is 39.0 Å². The maximum Gasteiger partial charge on any atom is 0.247 e. The Morgan fingerprint density at radius 2 is 1.95 bits per heavy atom. The Morgan fingerprint density at radius 3 is 2.65 bits per heavy atom. The van der Waals surface area contributed by atoms with Crippen LogP contribution < -0.4 is 5.32 Å². The topological polar surface area (TPSA) is 55.9 Å². The lowest BCUT2D eigenvalue weighted by Gasteiger charge is -2.38. The van der Waals surface area contributed by atoms with Gasteiger partial charge in [0.1, 0.15) is 0 Å². The molecule has 1 aliphatic carbocycles. The second-order valence-electron chi connectivity index (χ2n) is 6.39. The summed E-state index contributed by atoms with van der Waals surface area (Å²) < 4.78 is 0. The second kappa shape index (κ2) is 5.42. The zero-order chi connectivity index (χ0) is 14.3. The van der Waals surface area contributed by atoms with Crippen molar-refractivity contribution in [2.45, 2.75) is 37.4 Å². The van der Waals surface area contributed by atoms with Crippen molar-refractivity contribution in [1.29, 1.82) is 0 Å². The van der Waals surface area contributed by atoms with Gasteiger partial charge >= 0.3 is 0 Å². The summed E-state index contributed by atoms with van der Waals surface area (Å²) in [7, 11) is 4.25. The van der Waals surface area contributed by atoms with Crippen LogP contribution in [0.2, 0.25) is 0 Å². The van der Waals surface area contributed by atoms with E-state index < -0.39 is 0 Å². The molecule has 2 amide bonds. The molecule has 2 aliphatic heterocycles. The van der Waals surface area contributed by atoms with Crippen molar-refractivity contribution in [3.05, 3.63) is 0 Å². The molecule has 3 aliphatic rings. The molecule has 1 N–H and O–H groups in total. The van der Waals surface area contributed by atoms with E-state index in [4.69, 9.17) is 0 Å². The Morgan fingerprint density at radius 1 is 1.20 bits per heavy atom. The highest BCUT2D eigenvalue weighted by atomic mass is 16.2. The number of likely N-dealkylation sites (N-methyl/N-ethyl adjacent to an activating group) is 2. The summed E-state index contributed by atoms with van der Waals surface area (Å²) in [5.74, 6) is -0.00608. The molecular weight excluding hydrogens is 256 g/mol. The van der Waals surface area contributed by atoms with Gasteiger partial charge in [-0.2, -0.15) is 0 Å². The lowest BCUT2D eigenvalue weighted by atomic mass is 10.1. The molecule has 6 nitrogen and oxygen atoms in total. The van der Waals surface area contributed by atoms with Crippen LogP contribution in [0, 0.1) is 0 Å². The first-order valence-corrected chi connectivity index (χ1v) is 7.54. The summed E-state index contributed by atoms with van der Waals surface area (Å²) in [5.41, 5.74) is 0. The standard InChI is InChI=1S/C14H24N4O2/c1-16-5-6-17(2)11(9-16)8-15-12-7-13(19)18(14(12)20)10-3-4-10/h10-12,15H,3-9H2,1-2H3. The van der Waals surface area contributed by atoms with Crippen molar-refractivity contribution in [3.63, 3.8) is 0 Å². The zero-order valence-electron chi connectivity index (χ0n) is 12.3. The van der Waals surface area contributed by atoms with Gasteiger partial charge in [0.25, 0.3) is 0 Å². The molecule has 0 bridgehead atoms. The van der Waals surface area contributed by atoms with E-state index in [9.17, 15) is 9.59 Å².